The van der Waals surface area contributed by atoms with Gasteiger partial charge < -0.3 is 10.8 Å². The minimum absolute atomic E-state index is 0.285. The smallest absolute Gasteiger partial charge is 0.0844 e. The van der Waals surface area contributed by atoms with Gasteiger partial charge in [0.25, 0.3) is 0 Å². The summed E-state index contributed by atoms with van der Waals surface area (Å²) >= 11 is 5.98. The molecular formula is C9H16ClN3O. The molecule has 1 rings (SSSR count). The highest BCUT2D eigenvalue weighted by molar-refractivity contribution is 6.31. The number of nitrogens with two attached hydrogens (primary N) is 1. The number of aryl methyl sites for hydroxylation is 2. The number of rotatable bonds is 4. The first-order valence-corrected chi connectivity index (χ1v) is 5.01. The summed E-state index contributed by atoms with van der Waals surface area (Å²) in [6, 6.07) is 0. The highest BCUT2D eigenvalue weighted by Gasteiger charge is 2.09. The van der Waals surface area contributed by atoms with Crippen LogP contribution in [0.4, 0.5) is 0 Å². The summed E-state index contributed by atoms with van der Waals surface area (Å²) in [6.45, 7) is 4.72. The van der Waals surface area contributed by atoms with Gasteiger partial charge in [0, 0.05) is 13.1 Å². The number of hydrogen-bond donors (Lipinski definition) is 2. The largest absolute Gasteiger partial charge is 0.392 e. The van der Waals surface area contributed by atoms with E-state index in [9.17, 15) is 5.11 Å². The van der Waals surface area contributed by atoms with E-state index in [0.717, 1.165) is 11.4 Å². The van der Waals surface area contributed by atoms with E-state index in [1.165, 1.54) is 0 Å². The molecule has 1 aromatic heterocycles. The van der Waals surface area contributed by atoms with Gasteiger partial charge >= 0.3 is 0 Å². The number of halogens is 1. The number of aliphatic hydroxyl groups is 1. The van der Waals surface area contributed by atoms with Crippen molar-refractivity contribution in [1.29, 1.82) is 0 Å². The second kappa shape index (κ2) is 4.77. The zero-order valence-electron chi connectivity index (χ0n) is 8.50. The molecule has 1 heterocycles. The predicted molar refractivity (Wildman–Crippen MR) is 56.4 cm³/mol. The summed E-state index contributed by atoms with van der Waals surface area (Å²) in [5, 5.41) is 14.2. The average Bonchev–Trinajstić information content (AvgIpc) is 2.42. The molecule has 3 N–H and O–H groups in total. The molecule has 0 aliphatic rings. The van der Waals surface area contributed by atoms with Gasteiger partial charge in [-0.3, -0.25) is 4.68 Å². The van der Waals surface area contributed by atoms with Crippen molar-refractivity contribution < 1.29 is 5.11 Å². The number of aliphatic hydroxyl groups excluding tert-OH is 1. The van der Waals surface area contributed by atoms with Crippen LogP contribution in [0.2, 0.25) is 5.02 Å². The predicted octanol–water partition coefficient (Wildman–Crippen LogP) is 0.863. The molecule has 1 aromatic rings. The van der Waals surface area contributed by atoms with E-state index in [2.05, 4.69) is 5.10 Å². The van der Waals surface area contributed by atoms with Gasteiger partial charge in [-0.1, -0.05) is 11.6 Å². The van der Waals surface area contributed by atoms with E-state index < -0.39 is 6.10 Å². The molecule has 0 amide bonds. The third-order valence-electron chi connectivity index (χ3n) is 2.24. The van der Waals surface area contributed by atoms with Crippen molar-refractivity contribution in [2.45, 2.75) is 32.9 Å². The zero-order valence-corrected chi connectivity index (χ0v) is 9.25. The Labute approximate surface area is 88.7 Å². The van der Waals surface area contributed by atoms with Crippen molar-refractivity contribution in [2.75, 3.05) is 6.54 Å². The summed E-state index contributed by atoms with van der Waals surface area (Å²) in [5.41, 5.74) is 7.07. The van der Waals surface area contributed by atoms with Crippen molar-refractivity contribution in [2.24, 2.45) is 5.73 Å². The Morgan fingerprint density at radius 1 is 1.57 bits per heavy atom. The maximum absolute atomic E-state index is 9.29. The first-order valence-electron chi connectivity index (χ1n) is 4.64. The molecule has 0 bridgehead atoms. The normalized spacial score (nSPS) is 13.2. The molecule has 0 aliphatic carbocycles. The summed E-state index contributed by atoms with van der Waals surface area (Å²) < 4.78 is 1.80. The molecule has 0 saturated heterocycles. The number of hydrogen-bond acceptors (Lipinski definition) is 3. The molecule has 0 aliphatic heterocycles. The van der Waals surface area contributed by atoms with Crippen molar-refractivity contribution in [3.05, 3.63) is 16.4 Å². The summed E-state index contributed by atoms with van der Waals surface area (Å²) in [5.74, 6) is 0. The molecule has 1 atom stereocenters. The van der Waals surface area contributed by atoms with Crippen LogP contribution in [0, 0.1) is 13.8 Å². The highest BCUT2D eigenvalue weighted by atomic mass is 35.5. The van der Waals surface area contributed by atoms with Crippen LogP contribution in [0.15, 0.2) is 0 Å². The van der Waals surface area contributed by atoms with E-state index in [1.54, 1.807) is 4.68 Å². The van der Waals surface area contributed by atoms with E-state index in [4.69, 9.17) is 17.3 Å². The fraction of sp³-hybridized carbons (Fsp3) is 0.667. The Kier molecular flexibility index (Phi) is 3.92. The summed E-state index contributed by atoms with van der Waals surface area (Å²) in [7, 11) is 0. The van der Waals surface area contributed by atoms with Crippen LogP contribution in [-0.2, 0) is 6.54 Å². The van der Waals surface area contributed by atoms with Crippen molar-refractivity contribution in [3.8, 4) is 0 Å². The third-order valence-corrected chi connectivity index (χ3v) is 2.79. The van der Waals surface area contributed by atoms with Crippen molar-refractivity contribution in [3.63, 3.8) is 0 Å². The Morgan fingerprint density at radius 3 is 2.64 bits per heavy atom. The molecule has 0 spiro atoms. The minimum Gasteiger partial charge on any atom is -0.392 e. The van der Waals surface area contributed by atoms with Gasteiger partial charge in [0.05, 0.1) is 22.5 Å². The number of aromatic nitrogens is 2. The molecule has 0 fully saturated rings. The second-order valence-corrected chi connectivity index (χ2v) is 3.76. The molecule has 80 valence electrons. The Balaban J connectivity index is 2.63. The van der Waals surface area contributed by atoms with Gasteiger partial charge in [-0.25, -0.2) is 0 Å². The first-order chi connectivity index (χ1) is 6.56. The van der Waals surface area contributed by atoms with Crippen molar-refractivity contribution >= 4 is 11.6 Å². The van der Waals surface area contributed by atoms with Gasteiger partial charge in [0.2, 0.25) is 0 Å². The van der Waals surface area contributed by atoms with E-state index >= 15 is 0 Å². The van der Waals surface area contributed by atoms with E-state index in [0.29, 0.717) is 18.0 Å². The fourth-order valence-electron chi connectivity index (χ4n) is 1.28. The van der Waals surface area contributed by atoms with Crippen LogP contribution >= 0.6 is 11.6 Å². The SMILES string of the molecule is Cc1nn(CCC(O)CN)c(C)c1Cl. The molecule has 0 radical (unpaired) electrons. The van der Waals surface area contributed by atoms with Crippen LogP contribution in [-0.4, -0.2) is 27.5 Å². The minimum atomic E-state index is -0.460. The van der Waals surface area contributed by atoms with Gasteiger partial charge in [0.1, 0.15) is 0 Å². The maximum Gasteiger partial charge on any atom is 0.0844 e. The second-order valence-electron chi connectivity index (χ2n) is 3.39. The third kappa shape index (κ3) is 2.47. The summed E-state index contributed by atoms with van der Waals surface area (Å²) in [6.07, 6.45) is 0.145. The van der Waals surface area contributed by atoms with Gasteiger partial charge in [-0.05, 0) is 20.3 Å². The lowest BCUT2D eigenvalue weighted by molar-refractivity contribution is 0.164. The van der Waals surface area contributed by atoms with Crippen LogP contribution in [0.5, 0.6) is 0 Å². The molecule has 4 nitrogen and oxygen atoms in total. The van der Waals surface area contributed by atoms with Crippen LogP contribution in [0.25, 0.3) is 0 Å². The van der Waals surface area contributed by atoms with Crippen LogP contribution < -0.4 is 5.73 Å². The monoisotopic (exact) mass is 217 g/mol. The maximum atomic E-state index is 9.29. The Bertz CT molecular complexity index is 311. The van der Waals surface area contributed by atoms with Crippen LogP contribution in [0.1, 0.15) is 17.8 Å². The highest BCUT2D eigenvalue weighted by Crippen LogP contribution is 2.19. The van der Waals surface area contributed by atoms with E-state index in [-0.39, 0.29) is 6.54 Å². The fourth-order valence-corrected chi connectivity index (χ4v) is 1.42. The molecule has 0 saturated carbocycles. The standard InChI is InChI=1S/C9H16ClN3O/c1-6-9(10)7(2)13(12-6)4-3-8(14)5-11/h8,14H,3-5,11H2,1-2H3. The average molecular weight is 218 g/mol. The van der Waals surface area contributed by atoms with Crippen LogP contribution in [0.3, 0.4) is 0 Å². The molecule has 0 aromatic carbocycles. The quantitative estimate of drug-likeness (QED) is 0.787. The molecule has 1 unspecified atom stereocenters. The lowest BCUT2D eigenvalue weighted by Gasteiger charge is -2.08. The van der Waals surface area contributed by atoms with E-state index in [1.807, 2.05) is 13.8 Å². The summed E-state index contributed by atoms with van der Waals surface area (Å²) in [4.78, 5) is 0. The van der Waals surface area contributed by atoms with Crippen molar-refractivity contribution in [1.82, 2.24) is 9.78 Å². The lowest BCUT2D eigenvalue weighted by Crippen LogP contribution is -2.21. The lowest BCUT2D eigenvalue weighted by atomic mass is 10.2. The first kappa shape index (κ1) is 11.5. The van der Waals surface area contributed by atoms with Gasteiger partial charge in [0.15, 0.2) is 0 Å². The Hall–Kier alpha value is -0.580. The zero-order chi connectivity index (χ0) is 10.7. The Morgan fingerprint density at radius 2 is 2.21 bits per heavy atom. The van der Waals surface area contributed by atoms with Gasteiger partial charge in [-0.15, -0.1) is 0 Å². The molecule has 5 heteroatoms. The molecule has 14 heavy (non-hydrogen) atoms. The number of nitrogens with zero attached hydrogens (tertiary/aromatic N) is 2. The molecular weight excluding hydrogens is 202 g/mol. The topological polar surface area (TPSA) is 64.1 Å². The van der Waals surface area contributed by atoms with Gasteiger partial charge in [-0.2, -0.15) is 5.10 Å².